The minimum absolute atomic E-state index is 0.932. The Balaban J connectivity index is 1.57. The summed E-state index contributed by atoms with van der Waals surface area (Å²) in [4.78, 5) is 8.05. The van der Waals surface area contributed by atoms with E-state index in [0.717, 1.165) is 24.0 Å². The molecule has 1 fully saturated rings. The SMILES string of the molecule is Cc1ncc(CNCCC2CCN(C)CC2)s1. The van der Waals surface area contributed by atoms with E-state index in [1.165, 1.54) is 37.2 Å². The Kier molecular flexibility index (Phi) is 4.95. The third-order valence-corrected chi connectivity index (χ3v) is 4.45. The van der Waals surface area contributed by atoms with Gasteiger partial charge in [-0.1, -0.05) is 0 Å². The number of likely N-dealkylation sites (tertiary alicyclic amines) is 1. The molecule has 0 bridgehead atoms. The molecule has 1 aliphatic heterocycles. The van der Waals surface area contributed by atoms with Crippen LogP contribution in [0.2, 0.25) is 0 Å². The number of aromatic nitrogens is 1. The summed E-state index contributed by atoms with van der Waals surface area (Å²) in [5.41, 5.74) is 0. The molecule has 1 N–H and O–H groups in total. The topological polar surface area (TPSA) is 28.2 Å². The van der Waals surface area contributed by atoms with Crippen molar-refractivity contribution in [2.75, 3.05) is 26.7 Å². The van der Waals surface area contributed by atoms with Gasteiger partial charge in [0.15, 0.2) is 0 Å². The standard InChI is InChI=1S/C13H23N3S/c1-11-15-10-13(17-11)9-14-6-3-12-4-7-16(2)8-5-12/h10,12,14H,3-9H2,1-2H3. The molecular weight excluding hydrogens is 230 g/mol. The van der Waals surface area contributed by atoms with Crippen LogP contribution < -0.4 is 5.32 Å². The molecule has 96 valence electrons. The molecule has 1 aromatic rings. The maximum absolute atomic E-state index is 4.27. The zero-order chi connectivity index (χ0) is 12.1. The lowest BCUT2D eigenvalue weighted by Crippen LogP contribution is -2.31. The van der Waals surface area contributed by atoms with E-state index in [1.807, 2.05) is 6.20 Å². The Morgan fingerprint density at radius 1 is 1.47 bits per heavy atom. The van der Waals surface area contributed by atoms with Crippen LogP contribution in [0.15, 0.2) is 6.20 Å². The zero-order valence-electron chi connectivity index (χ0n) is 10.9. The second-order valence-electron chi connectivity index (χ2n) is 5.06. The number of rotatable bonds is 5. The van der Waals surface area contributed by atoms with Crippen LogP contribution in [0.25, 0.3) is 0 Å². The van der Waals surface area contributed by atoms with Gasteiger partial charge in [0, 0.05) is 17.6 Å². The normalized spacial score (nSPS) is 18.7. The summed E-state index contributed by atoms with van der Waals surface area (Å²) in [6.45, 7) is 6.74. The predicted octanol–water partition coefficient (Wildman–Crippen LogP) is 2.27. The van der Waals surface area contributed by atoms with Crippen LogP contribution in [0.5, 0.6) is 0 Å². The Hall–Kier alpha value is -0.450. The number of hydrogen-bond acceptors (Lipinski definition) is 4. The van der Waals surface area contributed by atoms with Crippen LogP contribution in [0, 0.1) is 12.8 Å². The molecule has 17 heavy (non-hydrogen) atoms. The van der Waals surface area contributed by atoms with Crippen LogP contribution in [-0.4, -0.2) is 36.6 Å². The van der Waals surface area contributed by atoms with E-state index in [0.29, 0.717) is 0 Å². The van der Waals surface area contributed by atoms with Gasteiger partial charge in [0.25, 0.3) is 0 Å². The van der Waals surface area contributed by atoms with E-state index in [9.17, 15) is 0 Å². The maximum atomic E-state index is 4.27. The van der Waals surface area contributed by atoms with Crippen molar-refractivity contribution in [2.24, 2.45) is 5.92 Å². The number of aryl methyl sites for hydroxylation is 1. The molecule has 0 radical (unpaired) electrons. The Bertz CT molecular complexity index is 329. The van der Waals surface area contributed by atoms with Crippen LogP contribution >= 0.6 is 11.3 Å². The molecule has 2 rings (SSSR count). The molecule has 0 aromatic carbocycles. The van der Waals surface area contributed by atoms with Crippen molar-refractivity contribution in [3.63, 3.8) is 0 Å². The first-order valence-corrected chi connectivity index (χ1v) is 7.36. The fourth-order valence-corrected chi connectivity index (χ4v) is 3.12. The van der Waals surface area contributed by atoms with Gasteiger partial charge >= 0.3 is 0 Å². The van der Waals surface area contributed by atoms with Gasteiger partial charge in [-0.25, -0.2) is 4.98 Å². The molecular formula is C13H23N3S. The average Bonchev–Trinajstić information content (AvgIpc) is 2.73. The van der Waals surface area contributed by atoms with Crippen molar-refractivity contribution in [1.82, 2.24) is 15.2 Å². The molecule has 2 heterocycles. The second kappa shape index (κ2) is 6.47. The smallest absolute Gasteiger partial charge is 0.0897 e. The summed E-state index contributed by atoms with van der Waals surface area (Å²) in [6, 6.07) is 0. The third-order valence-electron chi connectivity index (χ3n) is 3.54. The molecule has 0 atom stereocenters. The first-order chi connectivity index (χ1) is 8.24. The van der Waals surface area contributed by atoms with Gasteiger partial charge < -0.3 is 10.2 Å². The molecule has 3 nitrogen and oxygen atoms in total. The number of thiazole rings is 1. The minimum Gasteiger partial charge on any atom is -0.312 e. The van der Waals surface area contributed by atoms with E-state index in [1.54, 1.807) is 11.3 Å². The highest BCUT2D eigenvalue weighted by atomic mass is 32.1. The molecule has 1 aliphatic rings. The number of nitrogens with one attached hydrogen (secondary N) is 1. The molecule has 0 aliphatic carbocycles. The van der Waals surface area contributed by atoms with Gasteiger partial charge in [0.1, 0.15) is 0 Å². The molecule has 0 saturated carbocycles. The molecule has 0 amide bonds. The van der Waals surface area contributed by atoms with Crippen molar-refractivity contribution in [1.29, 1.82) is 0 Å². The lowest BCUT2D eigenvalue weighted by Gasteiger charge is -2.28. The van der Waals surface area contributed by atoms with Gasteiger partial charge in [-0.05, 0) is 58.8 Å². The van der Waals surface area contributed by atoms with Crippen LogP contribution in [-0.2, 0) is 6.54 Å². The van der Waals surface area contributed by atoms with E-state index in [2.05, 4.69) is 29.2 Å². The third kappa shape index (κ3) is 4.37. The second-order valence-corrected chi connectivity index (χ2v) is 6.38. The van der Waals surface area contributed by atoms with Gasteiger partial charge in [-0.2, -0.15) is 0 Å². The zero-order valence-corrected chi connectivity index (χ0v) is 11.7. The van der Waals surface area contributed by atoms with Gasteiger partial charge in [-0.3, -0.25) is 0 Å². The number of hydrogen-bond donors (Lipinski definition) is 1. The van der Waals surface area contributed by atoms with Crippen molar-refractivity contribution in [3.8, 4) is 0 Å². The fraction of sp³-hybridized carbons (Fsp3) is 0.769. The summed E-state index contributed by atoms with van der Waals surface area (Å²) in [5, 5.41) is 4.69. The Labute approximate surface area is 108 Å². The highest BCUT2D eigenvalue weighted by molar-refractivity contribution is 7.11. The largest absolute Gasteiger partial charge is 0.312 e. The molecule has 1 aromatic heterocycles. The number of piperidine rings is 1. The van der Waals surface area contributed by atoms with E-state index >= 15 is 0 Å². The highest BCUT2D eigenvalue weighted by Crippen LogP contribution is 2.18. The Morgan fingerprint density at radius 2 is 2.24 bits per heavy atom. The molecule has 1 saturated heterocycles. The highest BCUT2D eigenvalue weighted by Gasteiger charge is 2.15. The van der Waals surface area contributed by atoms with Gasteiger partial charge in [0.05, 0.1) is 5.01 Å². The van der Waals surface area contributed by atoms with Gasteiger partial charge in [-0.15, -0.1) is 11.3 Å². The van der Waals surface area contributed by atoms with Crippen molar-refractivity contribution in [2.45, 2.75) is 32.7 Å². The first kappa shape index (κ1) is 13.0. The summed E-state index contributed by atoms with van der Waals surface area (Å²) in [6.07, 6.45) is 6.06. The molecule has 0 unspecified atom stereocenters. The summed E-state index contributed by atoms with van der Waals surface area (Å²) >= 11 is 1.79. The fourth-order valence-electron chi connectivity index (χ4n) is 2.36. The first-order valence-electron chi connectivity index (χ1n) is 6.54. The quantitative estimate of drug-likeness (QED) is 0.816. The maximum Gasteiger partial charge on any atom is 0.0897 e. The van der Waals surface area contributed by atoms with E-state index in [4.69, 9.17) is 0 Å². The minimum atomic E-state index is 0.932. The van der Waals surface area contributed by atoms with Crippen molar-refractivity contribution >= 4 is 11.3 Å². The lowest BCUT2D eigenvalue weighted by molar-refractivity contribution is 0.211. The molecule has 4 heteroatoms. The van der Waals surface area contributed by atoms with Gasteiger partial charge in [0.2, 0.25) is 0 Å². The van der Waals surface area contributed by atoms with Crippen LogP contribution in [0.3, 0.4) is 0 Å². The molecule has 0 spiro atoms. The predicted molar refractivity (Wildman–Crippen MR) is 73.4 cm³/mol. The monoisotopic (exact) mass is 253 g/mol. The van der Waals surface area contributed by atoms with Crippen molar-refractivity contribution in [3.05, 3.63) is 16.1 Å². The summed E-state index contributed by atoms with van der Waals surface area (Å²) in [5.74, 6) is 0.932. The number of nitrogens with zero attached hydrogens (tertiary/aromatic N) is 2. The van der Waals surface area contributed by atoms with Crippen LogP contribution in [0.4, 0.5) is 0 Å². The Morgan fingerprint density at radius 3 is 2.88 bits per heavy atom. The van der Waals surface area contributed by atoms with E-state index < -0.39 is 0 Å². The summed E-state index contributed by atoms with van der Waals surface area (Å²) < 4.78 is 0. The van der Waals surface area contributed by atoms with Crippen LogP contribution in [0.1, 0.15) is 29.1 Å². The average molecular weight is 253 g/mol. The van der Waals surface area contributed by atoms with E-state index in [-0.39, 0.29) is 0 Å². The van der Waals surface area contributed by atoms with Crippen molar-refractivity contribution < 1.29 is 0 Å². The summed E-state index contributed by atoms with van der Waals surface area (Å²) in [7, 11) is 2.22. The lowest BCUT2D eigenvalue weighted by atomic mass is 9.94.